The van der Waals surface area contributed by atoms with Crippen molar-refractivity contribution in [3.63, 3.8) is 0 Å². The highest BCUT2D eigenvalue weighted by molar-refractivity contribution is 5.78. The van der Waals surface area contributed by atoms with Gasteiger partial charge in [-0.2, -0.15) is 0 Å². The third kappa shape index (κ3) is 17.2. The van der Waals surface area contributed by atoms with Crippen LogP contribution in [-0.2, 0) is 14.3 Å². The van der Waals surface area contributed by atoms with Crippen LogP contribution in [0, 0.1) is 5.92 Å². The lowest BCUT2D eigenvalue weighted by molar-refractivity contribution is -0.177. The van der Waals surface area contributed by atoms with E-state index in [0.29, 0.717) is 6.42 Å². The molecule has 0 spiro atoms. The minimum absolute atomic E-state index is 0.250. The van der Waals surface area contributed by atoms with E-state index in [1.165, 1.54) is 64.2 Å². The summed E-state index contributed by atoms with van der Waals surface area (Å²) in [5, 5.41) is 49.9. The Balaban J connectivity index is 3.87. The number of amides is 1. The molecular weight excluding hydrogens is 466 g/mol. The van der Waals surface area contributed by atoms with E-state index >= 15 is 0 Å². The highest BCUT2D eigenvalue weighted by Crippen LogP contribution is 2.14. The summed E-state index contributed by atoms with van der Waals surface area (Å²) in [6.07, 6.45) is 7.55. The SMILES string of the molecule is CC[C@H](NC(=O)CCCCCCCCCCCCCCC(C)C)OC(=O)[C@H](O)[C@@H](O)[C@H](O)[C@H](O)CO. The van der Waals surface area contributed by atoms with Crippen molar-refractivity contribution in [3.05, 3.63) is 0 Å². The average Bonchev–Trinajstić information content (AvgIpc) is 2.86. The van der Waals surface area contributed by atoms with E-state index in [9.17, 15) is 30.0 Å². The second-order valence-electron chi connectivity index (χ2n) is 10.3. The van der Waals surface area contributed by atoms with Crippen molar-refractivity contribution in [2.24, 2.45) is 5.92 Å². The summed E-state index contributed by atoms with van der Waals surface area (Å²) in [7, 11) is 0. The van der Waals surface area contributed by atoms with Crippen LogP contribution in [0.3, 0.4) is 0 Å². The van der Waals surface area contributed by atoms with Gasteiger partial charge in [-0.1, -0.05) is 97.8 Å². The van der Waals surface area contributed by atoms with Crippen LogP contribution >= 0.6 is 0 Å². The van der Waals surface area contributed by atoms with Crippen molar-refractivity contribution in [2.75, 3.05) is 6.61 Å². The first-order valence-corrected chi connectivity index (χ1v) is 14.0. The van der Waals surface area contributed by atoms with Gasteiger partial charge in [0.25, 0.3) is 0 Å². The molecule has 0 aliphatic carbocycles. The van der Waals surface area contributed by atoms with Crippen LogP contribution in [0.5, 0.6) is 0 Å². The molecule has 0 aromatic heterocycles. The molecular formula is C27H53NO8. The van der Waals surface area contributed by atoms with Gasteiger partial charge in [0.2, 0.25) is 5.91 Å². The smallest absolute Gasteiger partial charge is 0.339 e. The maximum atomic E-state index is 12.2. The fourth-order valence-corrected chi connectivity index (χ4v) is 3.94. The Kier molecular flexibility index (Phi) is 21.0. The summed E-state index contributed by atoms with van der Waals surface area (Å²) in [4.78, 5) is 24.2. The fourth-order valence-electron chi connectivity index (χ4n) is 3.94. The van der Waals surface area contributed by atoms with Gasteiger partial charge in [0.15, 0.2) is 12.3 Å². The Labute approximate surface area is 217 Å². The van der Waals surface area contributed by atoms with Crippen molar-refractivity contribution < 1.29 is 39.9 Å². The Morgan fingerprint density at radius 3 is 1.67 bits per heavy atom. The molecule has 0 bridgehead atoms. The highest BCUT2D eigenvalue weighted by Gasteiger charge is 2.36. The summed E-state index contributed by atoms with van der Waals surface area (Å²) in [6.45, 7) is 5.39. The molecule has 0 rings (SSSR count). The Bertz CT molecular complexity index is 560. The topological polar surface area (TPSA) is 157 Å². The predicted octanol–water partition coefficient (Wildman–Crippen LogP) is 2.94. The number of ether oxygens (including phenoxy) is 1. The predicted molar refractivity (Wildman–Crippen MR) is 139 cm³/mol. The molecule has 0 unspecified atom stereocenters. The molecule has 5 atom stereocenters. The van der Waals surface area contributed by atoms with E-state index < -0.39 is 43.2 Å². The van der Waals surface area contributed by atoms with Crippen LogP contribution in [0.15, 0.2) is 0 Å². The summed E-state index contributed by atoms with van der Waals surface area (Å²) in [5.74, 6) is -0.700. The average molecular weight is 520 g/mol. The number of carbonyl (C=O) groups excluding carboxylic acids is 2. The molecule has 1 amide bonds. The maximum Gasteiger partial charge on any atom is 0.339 e. The lowest BCUT2D eigenvalue weighted by Crippen LogP contribution is -2.50. The van der Waals surface area contributed by atoms with Gasteiger partial charge in [-0.25, -0.2) is 4.79 Å². The summed E-state index contributed by atoms with van der Waals surface area (Å²) in [5.41, 5.74) is 0. The van der Waals surface area contributed by atoms with Crippen LogP contribution in [0.4, 0.5) is 0 Å². The molecule has 0 saturated heterocycles. The Morgan fingerprint density at radius 1 is 0.750 bits per heavy atom. The van der Waals surface area contributed by atoms with Gasteiger partial charge in [0.1, 0.15) is 18.3 Å². The van der Waals surface area contributed by atoms with Crippen molar-refractivity contribution in [1.29, 1.82) is 0 Å². The molecule has 0 aliphatic rings. The lowest BCUT2D eigenvalue weighted by Gasteiger charge is -2.26. The van der Waals surface area contributed by atoms with Gasteiger partial charge in [-0.05, 0) is 12.3 Å². The van der Waals surface area contributed by atoms with Crippen molar-refractivity contribution in [1.82, 2.24) is 5.32 Å². The zero-order valence-electron chi connectivity index (χ0n) is 22.7. The molecule has 0 fully saturated rings. The largest absolute Gasteiger partial charge is 0.440 e. The molecule has 0 aliphatic heterocycles. The number of hydrogen-bond donors (Lipinski definition) is 6. The van der Waals surface area contributed by atoms with Gasteiger partial charge >= 0.3 is 5.97 Å². The molecule has 0 aromatic carbocycles. The molecule has 214 valence electrons. The van der Waals surface area contributed by atoms with Crippen LogP contribution in [-0.4, -0.2) is 74.7 Å². The normalized spacial score (nSPS) is 15.8. The number of nitrogens with one attached hydrogen (secondary N) is 1. The zero-order chi connectivity index (χ0) is 27.3. The first-order chi connectivity index (χ1) is 17.1. The second kappa shape index (κ2) is 21.8. The second-order valence-corrected chi connectivity index (χ2v) is 10.3. The first kappa shape index (κ1) is 34.7. The van der Waals surface area contributed by atoms with Crippen molar-refractivity contribution in [3.8, 4) is 0 Å². The minimum Gasteiger partial charge on any atom is -0.440 e. The first-order valence-electron chi connectivity index (χ1n) is 14.0. The molecule has 6 N–H and O–H groups in total. The van der Waals surface area contributed by atoms with E-state index in [1.807, 2.05) is 0 Å². The third-order valence-electron chi connectivity index (χ3n) is 6.38. The van der Waals surface area contributed by atoms with E-state index in [-0.39, 0.29) is 12.3 Å². The number of aliphatic hydroxyl groups excluding tert-OH is 5. The number of unbranched alkanes of at least 4 members (excludes halogenated alkanes) is 11. The van der Waals surface area contributed by atoms with E-state index in [4.69, 9.17) is 9.84 Å². The van der Waals surface area contributed by atoms with E-state index in [2.05, 4.69) is 19.2 Å². The summed E-state index contributed by atoms with van der Waals surface area (Å²) < 4.78 is 5.01. The highest BCUT2D eigenvalue weighted by atomic mass is 16.6. The molecule has 0 saturated carbocycles. The number of aliphatic hydroxyl groups is 5. The summed E-state index contributed by atoms with van der Waals surface area (Å²) >= 11 is 0. The molecule has 0 aromatic rings. The minimum atomic E-state index is -2.14. The quantitative estimate of drug-likeness (QED) is 0.0683. The van der Waals surface area contributed by atoms with Gasteiger partial charge in [0, 0.05) is 12.8 Å². The van der Waals surface area contributed by atoms with Gasteiger partial charge in [0.05, 0.1) is 6.61 Å². The van der Waals surface area contributed by atoms with Crippen LogP contribution < -0.4 is 5.32 Å². The van der Waals surface area contributed by atoms with E-state index in [1.54, 1.807) is 6.92 Å². The number of hydrogen-bond acceptors (Lipinski definition) is 8. The van der Waals surface area contributed by atoms with Gasteiger partial charge in [-0.15, -0.1) is 0 Å². The van der Waals surface area contributed by atoms with Crippen molar-refractivity contribution in [2.45, 2.75) is 148 Å². The third-order valence-corrected chi connectivity index (χ3v) is 6.38. The van der Waals surface area contributed by atoms with Crippen LogP contribution in [0.25, 0.3) is 0 Å². The lowest BCUT2D eigenvalue weighted by atomic mass is 10.0. The maximum absolute atomic E-state index is 12.2. The van der Waals surface area contributed by atoms with Crippen LogP contribution in [0.2, 0.25) is 0 Å². The Hall–Kier alpha value is -1.26. The van der Waals surface area contributed by atoms with Crippen LogP contribution in [0.1, 0.15) is 117 Å². The standard InChI is InChI=1S/C27H53NO8/c1-4-23(36-27(35)26(34)25(33)24(32)21(30)19-29)28-22(31)18-16-14-12-10-8-6-5-7-9-11-13-15-17-20(2)3/h20-21,23-26,29-30,32-34H,4-19H2,1-3H3,(H,28,31)/t21-,23-,24-,25+,26-/m1/s1. The van der Waals surface area contributed by atoms with Gasteiger partial charge < -0.3 is 35.6 Å². The zero-order valence-corrected chi connectivity index (χ0v) is 22.7. The molecule has 9 nitrogen and oxygen atoms in total. The van der Waals surface area contributed by atoms with E-state index in [0.717, 1.165) is 25.2 Å². The molecule has 0 radical (unpaired) electrons. The molecule has 36 heavy (non-hydrogen) atoms. The number of esters is 1. The molecule has 0 heterocycles. The number of carbonyl (C=O) groups is 2. The summed E-state index contributed by atoms with van der Waals surface area (Å²) in [6, 6.07) is 0. The number of rotatable bonds is 23. The fraction of sp³-hybridized carbons (Fsp3) is 0.926. The molecule has 9 heteroatoms. The Morgan fingerprint density at radius 2 is 1.22 bits per heavy atom. The van der Waals surface area contributed by atoms with Crippen molar-refractivity contribution >= 4 is 11.9 Å². The monoisotopic (exact) mass is 519 g/mol. The van der Waals surface area contributed by atoms with Gasteiger partial charge in [-0.3, -0.25) is 4.79 Å².